The van der Waals surface area contributed by atoms with E-state index in [1.165, 1.54) is 23.3 Å². The van der Waals surface area contributed by atoms with Crippen LogP contribution in [0.15, 0.2) is 30.3 Å². The largest absolute Gasteiger partial charge is 0.366 e. The highest BCUT2D eigenvalue weighted by Crippen LogP contribution is 2.16. The lowest BCUT2D eigenvalue weighted by molar-refractivity contribution is 0.0950. The van der Waals surface area contributed by atoms with Crippen molar-refractivity contribution in [1.29, 1.82) is 0 Å². The van der Waals surface area contributed by atoms with Gasteiger partial charge in [-0.1, -0.05) is 12.1 Å². The predicted molar refractivity (Wildman–Crippen MR) is 91.6 cm³/mol. The molecule has 5 heteroatoms. The molecule has 126 valence electrons. The van der Waals surface area contributed by atoms with E-state index in [1.54, 1.807) is 0 Å². The van der Waals surface area contributed by atoms with Crippen molar-refractivity contribution in [2.24, 2.45) is 5.73 Å². The Labute approximate surface area is 140 Å². The van der Waals surface area contributed by atoms with Crippen LogP contribution in [0.2, 0.25) is 0 Å². The highest BCUT2D eigenvalue weighted by molar-refractivity contribution is 5.99. The molecule has 0 spiro atoms. The van der Waals surface area contributed by atoms with Gasteiger partial charge in [-0.05, 0) is 67.6 Å². The first kappa shape index (κ1) is 17.7. The molecule has 0 radical (unpaired) electrons. The van der Waals surface area contributed by atoms with Crippen LogP contribution in [-0.2, 0) is 6.42 Å². The van der Waals surface area contributed by atoms with Gasteiger partial charge in [-0.2, -0.15) is 0 Å². The molecule has 0 unspecified atom stereocenters. The normalized spacial score (nSPS) is 10.5. The third-order valence-electron chi connectivity index (χ3n) is 4.13. The maximum atomic E-state index is 13.8. The van der Waals surface area contributed by atoms with Crippen LogP contribution in [0.3, 0.4) is 0 Å². The number of halogens is 1. The molecular formula is C19H21FN2O2. The summed E-state index contributed by atoms with van der Waals surface area (Å²) in [5.41, 5.74) is 9.81. The SMILES string of the molecule is Cc1cc(C)c(CCNC(=O)c2cc(C(N)=O)ccc2F)cc1C. The van der Waals surface area contributed by atoms with Crippen molar-refractivity contribution in [2.45, 2.75) is 27.2 Å². The summed E-state index contributed by atoms with van der Waals surface area (Å²) in [5, 5.41) is 2.68. The van der Waals surface area contributed by atoms with Crippen LogP contribution < -0.4 is 11.1 Å². The smallest absolute Gasteiger partial charge is 0.254 e. The fraction of sp³-hybridized carbons (Fsp3) is 0.263. The zero-order valence-corrected chi connectivity index (χ0v) is 14.1. The monoisotopic (exact) mass is 328 g/mol. The van der Waals surface area contributed by atoms with Crippen molar-refractivity contribution in [3.8, 4) is 0 Å². The molecule has 0 saturated carbocycles. The Kier molecular flexibility index (Phi) is 5.34. The van der Waals surface area contributed by atoms with Crippen LogP contribution in [0.5, 0.6) is 0 Å². The van der Waals surface area contributed by atoms with Crippen molar-refractivity contribution in [2.75, 3.05) is 6.54 Å². The molecule has 24 heavy (non-hydrogen) atoms. The van der Waals surface area contributed by atoms with Gasteiger partial charge in [0.25, 0.3) is 5.91 Å². The first-order chi connectivity index (χ1) is 11.3. The van der Waals surface area contributed by atoms with E-state index in [0.29, 0.717) is 13.0 Å². The molecule has 2 aromatic carbocycles. The summed E-state index contributed by atoms with van der Waals surface area (Å²) in [6.45, 7) is 6.51. The molecule has 0 fully saturated rings. The molecule has 0 aliphatic heterocycles. The minimum atomic E-state index is -0.699. The number of benzene rings is 2. The summed E-state index contributed by atoms with van der Waals surface area (Å²) in [4.78, 5) is 23.3. The Bertz CT molecular complexity index is 800. The number of carbonyl (C=O) groups excluding carboxylic acids is 2. The topological polar surface area (TPSA) is 72.2 Å². The van der Waals surface area contributed by atoms with Gasteiger partial charge in [0, 0.05) is 12.1 Å². The van der Waals surface area contributed by atoms with Gasteiger partial charge < -0.3 is 11.1 Å². The van der Waals surface area contributed by atoms with Crippen molar-refractivity contribution in [3.05, 3.63) is 69.5 Å². The van der Waals surface area contributed by atoms with Crippen LogP contribution in [0.25, 0.3) is 0 Å². The molecule has 2 aromatic rings. The molecule has 0 aliphatic carbocycles. The second kappa shape index (κ2) is 7.25. The Morgan fingerprint density at radius 3 is 2.38 bits per heavy atom. The van der Waals surface area contributed by atoms with Gasteiger partial charge in [0.2, 0.25) is 5.91 Å². The summed E-state index contributed by atoms with van der Waals surface area (Å²) >= 11 is 0. The number of nitrogens with two attached hydrogens (primary N) is 1. The van der Waals surface area contributed by atoms with Crippen molar-refractivity contribution < 1.29 is 14.0 Å². The highest BCUT2D eigenvalue weighted by atomic mass is 19.1. The van der Waals surface area contributed by atoms with Gasteiger partial charge in [0.1, 0.15) is 5.82 Å². The third-order valence-corrected chi connectivity index (χ3v) is 4.13. The number of carbonyl (C=O) groups is 2. The van der Waals surface area contributed by atoms with E-state index in [-0.39, 0.29) is 11.1 Å². The van der Waals surface area contributed by atoms with Crippen LogP contribution in [0.4, 0.5) is 4.39 Å². The zero-order chi connectivity index (χ0) is 17.9. The average molecular weight is 328 g/mol. The van der Waals surface area contributed by atoms with E-state index < -0.39 is 17.6 Å². The molecule has 0 aliphatic rings. The number of hydrogen-bond acceptors (Lipinski definition) is 2. The number of nitrogens with one attached hydrogen (secondary N) is 1. The minimum absolute atomic E-state index is 0.103. The molecule has 0 atom stereocenters. The van der Waals surface area contributed by atoms with Crippen LogP contribution in [0, 0.1) is 26.6 Å². The molecule has 0 heterocycles. The maximum Gasteiger partial charge on any atom is 0.254 e. The number of aryl methyl sites for hydroxylation is 3. The summed E-state index contributed by atoms with van der Waals surface area (Å²) in [6.07, 6.45) is 0.649. The molecule has 3 N–H and O–H groups in total. The number of primary amides is 1. The lowest BCUT2D eigenvalue weighted by Gasteiger charge is -2.11. The van der Waals surface area contributed by atoms with Crippen molar-refractivity contribution in [3.63, 3.8) is 0 Å². The molecule has 2 amide bonds. The molecule has 0 saturated heterocycles. The molecule has 4 nitrogen and oxygen atoms in total. The highest BCUT2D eigenvalue weighted by Gasteiger charge is 2.14. The third kappa shape index (κ3) is 3.98. The minimum Gasteiger partial charge on any atom is -0.366 e. The van der Waals surface area contributed by atoms with Crippen LogP contribution in [0.1, 0.15) is 43.0 Å². The van der Waals surface area contributed by atoms with Gasteiger partial charge in [0.15, 0.2) is 0 Å². The molecule has 0 aromatic heterocycles. The summed E-state index contributed by atoms with van der Waals surface area (Å²) in [7, 11) is 0. The lowest BCUT2D eigenvalue weighted by atomic mass is 9.99. The quantitative estimate of drug-likeness (QED) is 0.886. The number of hydrogen-bond donors (Lipinski definition) is 2. The van der Waals surface area contributed by atoms with Gasteiger partial charge in [-0.3, -0.25) is 9.59 Å². The first-order valence-electron chi connectivity index (χ1n) is 7.74. The van der Waals surface area contributed by atoms with Crippen molar-refractivity contribution >= 4 is 11.8 Å². The van der Waals surface area contributed by atoms with E-state index in [4.69, 9.17) is 5.73 Å². The van der Waals surface area contributed by atoms with E-state index >= 15 is 0 Å². The van der Waals surface area contributed by atoms with Crippen molar-refractivity contribution in [1.82, 2.24) is 5.32 Å². The second-order valence-electron chi connectivity index (χ2n) is 5.93. The summed E-state index contributed by atoms with van der Waals surface area (Å²) in [6, 6.07) is 7.72. The van der Waals surface area contributed by atoms with Gasteiger partial charge >= 0.3 is 0 Å². The second-order valence-corrected chi connectivity index (χ2v) is 5.93. The number of amides is 2. The average Bonchev–Trinajstić information content (AvgIpc) is 2.52. The molecule has 0 bridgehead atoms. The fourth-order valence-corrected chi connectivity index (χ4v) is 2.55. The summed E-state index contributed by atoms with van der Waals surface area (Å²) in [5.74, 6) is -1.94. The van der Waals surface area contributed by atoms with E-state index in [0.717, 1.165) is 17.2 Å². The van der Waals surface area contributed by atoms with Gasteiger partial charge in [0.05, 0.1) is 5.56 Å². The van der Waals surface area contributed by atoms with Gasteiger partial charge in [-0.15, -0.1) is 0 Å². The van der Waals surface area contributed by atoms with E-state index in [9.17, 15) is 14.0 Å². The van der Waals surface area contributed by atoms with E-state index in [2.05, 4.69) is 24.4 Å². The first-order valence-corrected chi connectivity index (χ1v) is 7.74. The van der Waals surface area contributed by atoms with Crippen LogP contribution >= 0.6 is 0 Å². The standard InChI is InChI=1S/C19H21FN2O2/c1-11-8-13(3)14(9-12(11)2)6-7-22-19(24)16-10-15(18(21)23)4-5-17(16)20/h4-5,8-10H,6-7H2,1-3H3,(H2,21,23)(H,22,24). The van der Waals surface area contributed by atoms with Crippen LogP contribution in [-0.4, -0.2) is 18.4 Å². The predicted octanol–water partition coefficient (Wildman–Crippen LogP) is 2.82. The van der Waals surface area contributed by atoms with E-state index in [1.807, 2.05) is 13.8 Å². The number of rotatable bonds is 5. The molecule has 2 rings (SSSR count). The van der Waals surface area contributed by atoms with Gasteiger partial charge in [-0.25, -0.2) is 4.39 Å². The Morgan fingerprint density at radius 2 is 1.71 bits per heavy atom. The fourth-order valence-electron chi connectivity index (χ4n) is 2.55. The Hall–Kier alpha value is -2.69. The Balaban J connectivity index is 2.05. The lowest BCUT2D eigenvalue weighted by Crippen LogP contribution is -2.27. The molecular weight excluding hydrogens is 307 g/mol. The zero-order valence-electron chi connectivity index (χ0n) is 14.1. The Morgan fingerprint density at radius 1 is 1.04 bits per heavy atom. The summed E-state index contributed by atoms with van der Waals surface area (Å²) < 4.78 is 13.8. The maximum absolute atomic E-state index is 13.8.